The molecule has 0 aliphatic carbocycles. The van der Waals surface area contributed by atoms with E-state index in [1.165, 1.54) is 4.90 Å². The van der Waals surface area contributed by atoms with E-state index in [4.69, 9.17) is 10.2 Å². The minimum atomic E-state index is -0.873. The van der Waals surface area contributed by atoms with Gasteiger partial charge in [0.2, 0.25) is 0 Å². The number of carboxylic acid groups (broad SMARTS) is 2. The molecule has 4 unspecified atom stereocenters. The van der Waals surface area contributed by atoms with Crippen LogP contribution in [-0.2, 0) is 4.79 Å². The molecule has 3 heterocycles. The van der Waals surface area contributed by atoms with Crippen molar-refractivity contribution in [2.75, 3.05) is 13.1 Å². The molecule has 16 heavy (non-hydrogen) atoms. The summed E-state index contributed by atoms with van der Waals surface area (Å²) in [6, 6.07) is -0.202. The van der Waals surface area contributed by atoms with Gasteiger partial charge in [0.15, 0.2) is 0 Å². The second-order valence-corrected chi connectivity index (χ2v) is 4.87. The van der Waals surface area contributed by atoms with Gasteiger partial charge in [0.05, 0.1) is 6.04 Å². The third kappa shape index (κ3) is 1.10. The van der Waals surface area contributed by atoms with E-state index in [0.717, 1.165) is 6.42 Å². The number of nitrogens with zero attached hydrogens (tertiary/aromatic N) is 2. The zero-order valence-electron chi connectivity index (χ0n) is 8.74. The van der Waals surface area contributed by atoms with Crippen LogP contribution >= 0.6 is 0 Å². The van der Waals surface area contributed by atoms with Crippen LogP contribution in [0.15, 0.2) is 0 Å². The predicted octanol–water partition coefficient (Wildman–Crippen LogP) is -0.104. The van der Waals surface area contributed by atoms with Crippen molar-refractivity contribution in [3.8, 4) is 0 Å². The van der Waals surface area contributed by atoms with Gasteiger partial charge in [-0.25, -0.2) is 4.79 Å². The van der Waals surface area contributed by atoms with E-state index in [0.29, 0.717) is 25.4 Å². The van der Waals surface area contributed by atoms with Crippen LogP contribution < -0.4 is 0 Å². The van der Waals surface area contributed by atoms with E-state index >= 15 is 0 Å². The molecule has 2 N–H and O–H groups in total. The first-order valence-corrected chi connectivity index (χ1v) is 5.57. The summed E-state index contributed by atoms with van der Waals surface area (Å²) in [5.74, 6) is -0.398. The van der Waals surface area contributed by atoms with E-state index in [-0.39, 0.29) is 18.1 Å². The number of amides is 1. The molecule has 3 rings (SSSR count). The molecule has 6 heteroatoms. The molecular formula is C10H14N2O4. The van der Waals surface area contributed by atoms with Crippen LogP contribution in [0.4, 0.5) is 4.79 Å². The summed E-state index contributed by atoms with van der Waals surface area (Å²) in [6.45, 7) is 1.14. The highest BCUT2D eigenvalue weighted by Gasteiger charge is 2.59. The normalized spacial score (nSPS) is 41.4. The lowest BCUT2D eigenvalue weighted by Crippen LogP contribution is -2.70. The fraction of sp³-hybridized carbons (Fsp3) is 0.800. The number of rotatable bonds is 1. The number of likely N-dealkylation sites (tertiary alicyclic amines) is 1. The first kappa shape index (κ1) is 9.89. The zero-order valence-corrected chi connectivity index (χ0v) is 8.74. The van der Waals surface area contributed by atoms with Crippen molar-refractivity contribution < 1.29 is 19.8 Å². The Bertz CT molecular complexity index is 347. The lowest BCUT2D eigenvalue weighted by molar-refractivity contribution is -0.146. The van der Waals surface area contributed by atoms with Gasteiger partial charge < -0.3 is 15.1 Å². The summed E-state index contributed by atoms with van der Waals surface area (Å²) in [5.41, 5.74) is 0. The second-order valence-electron chi connectivity index (χ2n) is 4.87. The van der Waals surface area contributed by atoms with Crippen molar-refractivity contribution in [1.82, 2.24) is 9.80 Å². The maximum atomic E-state index is 11.0. The van der Waals surface area contributed by atoms with Crippen molar-refractivity contribution in [2.45, 2.75) is 31.0 Å². The largest absolute Gasteiger partial charge is 0.480 e. The van der Waals surface area contributed by atoms with Crippen LogP contribution in [0.2, 0.25) is 0 Å². The van der Waals surface area contributed by atoms with Crippen molar-refractivity contribution in [3.05, 3.63) is 0 Å². The second kappa shape index (κ2) is 3.10. The van der Waals surface area contributed by atoms with Gasteiger partial charge in [-0.1, -0.05) is 0 Å². The lowest BCUT2D eigenvalue weighted by Gasteiger charge is -2.54. The number of hydrogen-bond donors (Lipinski definition) is 2. The molecule has 0 radical (unpaired) electrons. The Kier molecular flexibility index (Phi) is 1.92. The number of hydrogen-bond acceptors (Lipinski definition) is 3. The average Bonchev–Trinajstić information content (AvgIpc) is 2.50. The summed E-state index contributed by atoms with van der Waals surface area (Å²) >= 11 is 0. The van der Waals surface area contributed by atoms with Crippen LogP contribution in [0.3, 0.4) is 0 Å². The minimum Gasteiger partial charge on any atom is -0.480 e. The summed E-state index contributed by atoms with van der Waals surface area (Å²) in [5, 5.41) is 18.1. The first-order valence-electron chi connectivity index (χ1n) is 5.57. The molecule has 1 amide bonds. The van der Waals surface area contributed by atoms with Gasteiger partial charge in [-0.05, 0) is 18.8 Å². The molecular weight excluding hydrogens is 212 g/mol. The van der Waals surface area contributed by atoms with Gasteiger partial charge in [-0.3, -0.25) is 9.69 Å². The molecule has 3 aliphatic heterocycles. The summed E-state index contributed by atoms with van der Waals surface area (Å²) in [6.07, 6.45) is 0.611. The van der Waals surface area contributed by atoms with E-state index in [9.17, 15) is 9.59 Å². The third-order valence-corrected chi connectivity index (χ3v) is 4.26. The molecule has 3 aliphatic rings. The molecule has 0 spiro atoms. The summed E-state index contributed by atoms with van der Waals surface area (Å²) < 4.78 is 0. The Morgan fingerprint density at radius 1 is 1.25 bits per heavy atom. The van der Waals surface area contributed by atoms with E-state index in [1.807, 2.05) is 4.90 Å². The molecule has 0 aromatic rings. The topological polar surface area (TPSA) is 81.1 Å². The molecule has 0 aromatic heterocycles. The fourth-order valence-corrected chi connectivity index (χ4v) is 3.53. The third-order valence-electron chi connectivity index (χ3n) is 4.26. The number of carboxylic acids is 1. The molecule has 3 fully saturated rings. The van der Waals surface area contributed by atoms with Crippen LogP contribution in [-0.4, -0.2) is 63.3 Å². The molecule has 4 atom stereocenters. The predicted molar refractivity (Wildman–Crippen MR) is 53.2 cm³/mol. The maximum absolute atomic E-state index is 11.0. The molecule has 6 nitrogen and oxygen atoms in total. The van der Waals surface area contributed by atoms with Crippen LogP contribution in [0.25, 0.3) is 0 Å². The quantitative estimate of drug-likeness (QED) is 0.652. The Hall–Kier alpha value is -1.30. The van der Waals surface area contributed by atoms with Crippen LogP contribution in [0, 0.1) is 5.92 Å². The van der Waals surface area contributed by atoms with Gasteiger partial charge >= 0.3 is 12.1 Å². The molecule has 88 valence electrons. The molecule has 0 aromatic carbocycles. The van der Waals surface area contributed by atoms with Gasteiger partial charge in [0.1, 0.15) is 6.04 Å². The average molecular weight is 226 g/mol. The summed E-state index contributed by atoms with van der Waals surface area (Å²) in [4.78, 5) is 25.4. The molecule has 0 saturated carbocycles. The van der Waals surface area contributed by atoms with Crippen molar-refractivity contribution in [1.29, 1.82) is 0 Å². The Morgan fingerprint density at radius 3 is 2.62 bits per heavy atom. The SMILES string of the molecule is O=C(O)C1CC2CCN(C(=O)O)C3CN1C23. The van der Waals surface area contributed by atoms with Gasteiger partial charge in [0.25, 0.3) is 0 Å². The van der Waals surface area contributed by atoms with E-state index in [1.54, 1.807) is 0 Å². The highest BCUT2D eigenvalue weighted by molar-refractivity contribution is 5.75. The van der Waals surface area contributed by atoms with E-state index in [2.05, 4.69) is 0 Å². The maximum Gasteiger partial charge on any atom is 0.407 e. The fourth-order valence-electron chi connectivity index (χ4n) is 3.53. The van der Waals surface area contributed by atoms with Crippen molar-refractivity contribution in [2.24, 2.45) is 5.92 Å². The number of carbonyl (C=O) groups is 2. The summed E-state index contributed by atoms with van der Waals surface area (Å²) in [7, 11) is 0. The van der Waals surface area contributed by atoms with Gasteiger partial charge in [-0.15, -0.1) is 0 Å². The Morgan fingerprint density at radius 2 is 2.00 bits per heavy atom. The van der Waals surface area contributed by atoms with Gasteiger partial charge in [-0.2, -0.15) is 0 Å². The smallest absolute Gasteiger partial charge is 0.407 e. The van der Waals surface area contributed by atoms with Crippen molar-refractivity contribution >= 4 is 12.1 Å². The standard InChI is InChI=1S/C10H14N2O4/c13-9(14)6-3-5-1-2-11(10(15)16)7-4-12(6)8(5)7/h5-8H,1-4H2,(H,13,14)(H,15,16). The monoisotopic (exact) mass is 226 g/mol. The highest BCUT2D eigenvalue weighted by atomic mass is 16.4. The number of piperidine rings is 1. The minimum absolute atomic E-state index is 0.0283. The Balaban J connectivity index is 1.80. The van der Waals surface area contributed by atoms with Crippen LogP contribution in [0.1, 0.15) is 12.8 Å². The van der Waals surface area contributed by atoms with Gasteiger partial charge in [0, 0.05) is 19.1 Å². The molecule has 0 bridgehead atoms. The van der Waals surface area contributed by atoms with Crippen molar-refractivity contribution in [3.63, 3.8) is 0 Å². The van der Waals surface area contributed by atoms with E-state index < -0.39 is 12.1 Å². The number of aliphatic carboxylic acids is 1. The van der Waals surface area contributed by atoms with Crippen LogP contribution in [0.5, 0.6) is 0 Å². The highest BCUT2D eigenvalue weighted by Crippen LogP contribution is 2.45. The first-order chi connectivity index (χ1) is 7.59. The Labute approximate surface area is 92.4 Å². The lowest BCUT2D eigenvalue weighted by atomic mass is 9.82. The zero-order chi connectivity index (χ0) is 11.4. The molecule has 3 saturated heterocycles.